The molecule has 1 heterocycles. The van der Waals surface area contributed by atoms with Crippen LogP contribution in [0.15, 0.2) is 53.3 Å². The number of anilines is 1. The molecule has 0 unspecified atom stereocenters. The van der Waals surface area contributed by atoms with Crippen LogP contribution in [0.3, 0.4) is 0 Å². The van der Waals surface area contributed by atoms with E-state index in [4.69, 9.17) is 9.15 Å². The molecule has 0 saturated carbocycles. The maximum Gasteiger partial charge on any atom is 0.228 e. The molecule has 0 bridgehead atoms. The quantitative estimate of drug-likeness (QED) is 0.799. The Labute approximate surface area is 121 Å². The molecule has 0 atom stereocenters. The van der Waals surface area contributed by atoms with E-state index in [0.717, 1.165) is 16.8 Å². The first kappa shape index (κ1) is 13.2. The van der Waals surface area contributed by atoms with E-state index < -0.39 is 0 Å². The summed E-state index contributed by atoms with van der Waals surface area (Å²) in [6.07, 6.45) is 1.69. The van der Waals surface area contributed by atoms with Gasteiger partial charge in [-0.1, -0.05) is 12.1 Å². The minimum Gasteiger partial charge on any atom is -0.497 e. The number of ether oxygens (including phenoxy) is 1. The third kappa shape index (κ3) is 3.02. The van der Waals surface area contributed by atoms with Gasteiger partial charge in [0.1, 0.15) is 11.3 Å². The maximum atomic E-state index is 12.0. The van der Waals surface area contributed by atoms with Gasteiger partial charge in [-0.2, -0.15) is 0 Å². The Balaban J connectivity index is 1.67. The summed E-state index contributed by atoms with van der Waals surface area (Å²) in [5, 5.41) is 2.84. The fourth-order valence-electron chi connectivity index (χ4n) is 2.07. The summed E-state index contributed by atoms with van der Waals surface area (Å²) in [7, 11) is 1.61. The Morgan fingerprint density at radius 3 is 2.81 bits per heavy atom. The van der Waals surface area contributed by atoms with Crippen molar-refractivity contribution in [3.05, 3.63) is 54.4 Å². The zero-order valence-electron chi connectivity index (χ0n) is 11.5. The standard InChI is InChI=1S/C16H14N2O3/c1-20-13-5-2-11(3-6-13)8-16(19)18-12-4-7-14-15(9-12)21-10-17-14/h2-7,9-10H,8H2,1H3,(H,18,19). The predicted octanol–water partition coefficient (Wildman–Crippen LogP) is 3.02. The highest BCUT2D eigenvalue weighted by Gasteiger charge is 2.06. The van der Waals surface area contributed by atoms with Crippen LogP contribution in [0, 0.1) is 0 Å². The summed E-state index contributed by atoms with van der Waals surface area (Å²) in [4.78, 5) is 16.1. The van der Waals surface area contributed by atoms with Gasteiger partial charge in [0.15, 0.2) is 12.0 Å². The molecule has 5 heteroatoms. The fourth-order valence-corrected chi connectivity index (χ4v) is 2.07. The SMILES string of the molecule is COc1ccc(CC(=O)Nc2ccc3ncoc3c2)cc1. The molecule has 5 nitrogen and oxygen atoms in total. The summed E-state index contributed by atoms with van der Waals surface area (Å²) in [6, 6.07) is 12.8. The van der Waals surface area contributed by atoms with Gasteiger partial charge in [-0.3, -0.25) is 4.79 Å². The summed E-state index contributed by atoms with van der Waals surface area (Å²) in [5.74, 6) is 0.689. The first-order valence-electron chi connectivity index (χ1n) is 6.50. The van der Waals surface area contributed by atoms with Gasteiger partial charge in [0, 0.05) is 11.8 Å². The first-order valence-corrected chi connectivity index (χ1v) is 6.50. The number of benzene rings is 2. The Morgan fingerprint density at radius 2 is 2.05 bits per heavy atom. The van der Waals surface area contributed by atoms with Crippen molar-refractivity contribution in [2.45, 2.75) is 6.42 Å². The van der Waals surface area contributed by atoms with E-state index in [1.165, 1.54) is 6.39 Å². The zero-order chi connectivity index (χ0) is 14.7. The lowest BCUT2D eigenvalue weighted by atomic mass is 10.1. The lowest BCUT2D eigenvalue weighted by Gasteiger charge is -2.06. The maximum absolute atomic E-state index is 12.0. The molecule has 0 aliphatic heterocycles. The highest BCUT2D eigenvalue weighted by atomic mass is 16.5. The molecule has 1 amide bonds. The third-order valence-corrected chi connectivity index (χ3v) is 3.14. The number of nitrogens with one attached hydrogen (secondary N) is 1. The number of carbonyl (C=O) groups excluding carboxylic acids is 1. The Hall–Kier alpha value is -2.82. The summed E-state index contributed by atoms with van der Waals surface area (Å²) in [6.45, 7) is 0. The number of fused-ring (bicyclic) bond motifs is 1. The second-order valence-electron chi connectivity index (χ2n) is 4.61. The van der Waals surface area contributed by atoms with Gasteiger partial charge in [-0.05, 0) is 29.8 Å². The van der Waals surface area contributed by atoms with Gasteiger partial charge in [0.2, 0.25) is 5.91 Å². The highest BCUT2D eigenvalue weighted by molar-refractivity contribution is 5.93. The van der Waals surface area contributed by atoms with Gasteiger partial charge in [-0.15, -0.1) is 0 Å². The molecular formula is C16H14N2O3. The molecule has 0 aliphatic rings. The van der Waals surface area contributed by atoms with E-state index >= 15 is 0 Å². The second kappa shape index (κ2) is 5.66. The minimum absolute atomic E-state index is 0.0842. The van der Waals surface area contributed by atoms with Crippen molar-refractivity contribution >= 4 is 22.7 Å². The molecular weight excluding hydrogens is 268 g/mol. The molecule has 0 saturated heterocycles. The summed E-state index contributed by atoms with van der Waals surface area (Å²) in [5.41, 5.74) is 3.03. The van der Waals surface area contributed by atoms with Crippen LogP contribution in [-0.2, 0) is 11.2 Å². The molecule has 3 rings (SSSR count). The van der Waals surface area contributed by atoms with Crippen LogP contribution >= 0.6 is 0 Å². The van der Waals surface area contributed by atoms with Gasteiger partial charge in [0.05, 0.1) is 13.5 Å². The summed E-state index contributed by atoms with van der Waals surface area (Å²) < 4.78 is 10.3. The monoisotopic (exact) mass is 282 g/mol. The number of amides is 1. The van der Waals surface area contributed by atoms with Crippen LogP contribution in [0.1, 0.15) is 5.56 Å². The number of oxazole rings is 1. The van der Waals surface area contributed by atoms with Gasteiger partial charge in [0.25, 0.3) is 0 Å². The van der Waals surface area contributed by atoms with Crippen molar-refractivity contribution < 1.29 is 13.9 Å². The molecule has 1 N–H and O–H groups in total. The molecule has 2 aromatic carbocycles. The van der Waals surface area contributed by atoms with Crippen LogP contribution in [0.25, 0.3) is 11.1 Å². The normalized spacial score (nSPS) is 10.5. The molecule has 0 spiro atoms. The number of hydrogen-bond acceptors (Lipinski definition) is 4. The third-order valence-electron chi connectivity index (χ3n) is 3.14. The molecule has 21 heavy (non-hydrogen) atoms. The summed E-state index contributed by atoms with van der Waals surface area (Å²) >= 11 is 0. The Bertz CT molecular complexity index is 763. The van der Waals surface area contributed by atoms with Crippen molar-refractivity contribution in [1.29, 1.82) is 0 Å². The van der Waals surface area contributed by atoms with Crippen molar-refractivity contribution in [2.24, 2.45) is 0 Å². The van der Waals surface area contributed by atoms with Gasteiger partial charge >= 0.3 is 0 Å². The van der Waals surface area contributed by atoms with Crippen molar-refractivity contribution in [3.63, 3.8) is 0 Å². The number of nitrogens with zero attached hydrogens (tertiary/aromatic N) is 1. The van der Waals surface area contributed by atoms with Crippen molar-refractivity contribution in [2.75, 3.05) is 12.4 Å². The van der Waals surface area contributed by atoms with Gasteiger partial charge in [-0.25, -0.2) is 4.98 Å². The molecule has 1 aromatic heterocycles. The number of hydrogen-bond donors (Lipinski definition) is 1. The van der Waals surface area contributed by atoms with Crippen LogP contribution in [0.4, 0.5) is 5.69 Å². The minimum atomic E-state index is -0.0842. The largest absolute Gasteiger partial charge is 0.497 e. The van der Waals surface area contributed by atoms with E-state index in [0.29, 0.717) is 17.7 Å². The molecule has 3 aromatic rings. The zero-order valence-corrected chi connectivity index (χ0v) is 11.5. The second-order valence-corrected chi connectivity index (χ2v) is 4.61. The van der Waals surface area contributed by atoms with E-state index in [1.54, 1.807) is 19.2 Å². The number of carbonyl (C=O) groups is 1. The van der Waals surface area contributed by atoms with E-state index in [-0.39, 0.29) is 5.91 Å². The van der Waals surface area contributed by atoms with Crippen LogP contribution in [0.2, 0.25) is 0 Å². The number of rotatable bonds is 4. The Morgan fingerprint density at radius 1 is 1.24 bits per heavy atom. The van der Waals surface area contributed by atoms with Crippen LogP contribution < -0.4 is 10.1 Å². The lowest BCUT2D eigenvalue weighted by molar-refractivity contribution is -0.115. The molecule has 0 fully saturated rings. The topological polar surface area (TPSA) is 64.4 Å². The van der Waals surface area contributed by atoms with E-state index in [9.17, 15) is 4.79 Å². The first-order chi connectivity index (χ1) is 10.2. The van der Waals surface area contributed by atoms with Crippen molar-refractivity contribution in [3.8, 4) is 5.75 Å². The van der Waals surface area contributed by atoms with Crippen molar-refractivity contribution in [1.82, 2.24) is 4.98 Å². The van der Waals surface area contributed by atoms with E-state index in [1.807, 2.05) is 30.3 Å². The lowest BCUT2D eigenvalue weighted by Crippen LogP contribution is -2.14. The molecule has 0 radical (unpaired) electrons. The average Bonchev–Trinajstić information content (AvgIpc) is 2.95. The van der Waals surface area contributed by atoms with Crippen LogP contribution in [0.5, 0.6) is 5.75 Å². The number of methoxy groups -OCH3 is 1. The molecule has 106 valence electrons. The average molecular weight is 282 g/mol. The Kier molecular flexibility index (Phi) is 3.55. The molecule has 0 aliphatic carbocycles. The van der Waals surface area contributed by atoms with E-state index in [2.05, 4.69) is 10.3 Å². The smallest absolute Gasteiger partial charge is 0.228 e. The van der Waals surface area contributed by atoms with Crippen LogP contribution in [-0.4, -0.2) is 18.0 Å². The van der Waals surface area contributed by atoms with Gasteiger partial charge < -0.3 is 14.5 Å². The number of aromatic nitrogens is 1. The predicted molar refractivity (Wildman–Crippen MR) is 79.3 cm³/mol. The fraction of sp³-hybridized carbons (Fsp3) is 0.125. The highest BCUT2D eigenvalue weighted by Crippen LogP contribution is 2.18.